The van der Waals surface area contributed by atoms with E-state index in [1.165, 1.54) is 11.1 Å². The van der Waals surface area contributed by atoms with Crippen LogP contribution in [0.1, 0.15) is 37.8 Å². The highest BCUT2D eigenvalue weighted by molar-refractivity contribution is 5.25. The van der Waals surface area contributed by atoms with Crippen LogP contribution in [-0.4, -0.2) is 24.3 Å². The summed E-state index contributed by atoms with van der Waals surface area (Å²) in [4.78, 5) is 0. The van der Waals surface area contributed by atoms with Crippen molar-refractivity contribution in [3.05, 3.63) is 35.4 Å². The van der Waals surface area contributed by atoms with Crippen LogP contribution < -0.4 is 5.32 Å². The van der Waals surface area contributed by atoms with E-state index >= 15 is 0 Å². The Hall–Kier alpha value is -0.860. The van der Waals surface area contributed by atoms with Crippen molar-refractivity contribution >= 4 is 0 Å². The predicted octanol–water partition coefficient (Wildman–Crippen LogP) is 2.32. The van der Waals surface area contributed by atoms with Crippen LogP contribution >= 0.6 is 0 Å². The number of hydrogen-bond acceptors (Lipinski definition) is 2. The average Bonchev–Trinajstić information content (AvgIpc) is 2.27. The number of likely N-dealkylation sites (N-methyl/N-ethyl adjacent to an activating group) is 1. The molecule has 1 rings (SSSR count). The number of nitrogens with one attached hydrogen (secondary N) is 1. The Bertz CT molecular complexity index is 292. The minimum Gasteiger partial charge on any atom is -0.391 e. The molecule has 0 aliphatic heterocycles. The summed E-state index contributed by atoms with van der Waals surface area (Å²) in [5, 5.41) is 12.9. The van der Waals surface area contributed by atoms with Crippen molar-refractivity contribution in [2.45, 2.75) is 39.2 Å². The van der Waals surface area contributed by atoms with Crippen molar-refractivity contribution in [1.29, 1.82) is 0 Å². The molecule has 0 radical (unpaired) electrons. The van der Waals surface area contributed by atoms with Crippen LogP contribution in [0.25, 0.3) is 0 Å². The zero-order valence-corrected chi connectivity index (χ0v) is 10.5. The van der Waals surface area contributed by atoms with Crippen LogP contribution in [0.2, 0.25) is 0 Å². The van der Waals surface area contributed by atoms with E-state index in [0.29, 0.717) is 12.5 Å². The molecule has 90 valence electrons. The van der Waals surface area contributed by atoms with Crippen molar-refractivity contribution in [2.75, 3.05) is 13.1 Å². The standard InChI is InChI=1S/C14H23NO/c1-4-15-10-14(16)9-12-5-7-13(8-6-12)11(2)3/h5-8,11,14-16H,4,9-10H2,1-3H3. The molecule has 2 heteroatoms. The highest BCUT2D eigenvalue weighted by Crippen LogP contribution is 2.15. The van der Waals surface area contributed by atoms with E-state index in [2.05, 4.69) is 43.4 Å². The van der Waals surface area contributed by atoms with Crippen molar-refractivity contribution in [3.8, 4) is 0 Å². The van der Waals surface area contributed by atoms with Gasteiger partial charge in [0.25, 0.3) is 0 Å². The minimum absolute atomic E-state index is 0.287. The van der Waals surface area contributed by atoms with E-state index in [4.69, 9.17) is 0 Å². The van der Waals surface area contributed by atoms with Gasteiger partial charge in [-0.3, -0.25) is 0 Å². The van der Waals surface area contributed by atoms with Crippen LogP contribution in [0, 0.1) is 0 Å². The summed E-state index contributed by atoms with van der Waals surface area (Å²) in [6, 6.07) is 8.54. The molecule has 2 nitrogen and oxygen atoms in total. The molecule has 1 aromatic rings. The quantitative estimate of drug-likeness (QED) is 0.772. The van der Waals surface area contributed by atoms with Gasteiger partial charge in [0.1, 0.15) is 0 Å². The minimum atomic E-state index is -0.287. The van der Waals surface area contributed by atoms with Crippen molar-refractivity contribution in [2.24, 2.45) is 0 Å². The lowest BCUT2D eigenvalue weighted by molar-refractivity contribution is 0.172. The summed E-state index contributed by atoms with van der Waals surface area (Å²) >= 11 is 0. The van der Waals surface area contributed by atoms with E-state index in [1.807, 2.05) is 6.92 Å². The van der Waals surface area contributed by atoms with Gasteiger partial charge in [0, 0.05) is 6.54 Å². The zero-order chi connectivity index (χ0) is 12.0. The lowest BCUT2D eigenvalue weighted by Crippen LogP contribution is -2.28. The van der Waals surface area contributed by atoms with Gasteiger partial charge in [0.05, 0.1) is 6.10 Å². The number of benzene rings is 1. The van der Waals surface area contributed by atoms with Gasteiger partial charge in [-0.2, -0.15) is 0 Å². The molecule has 0 fully saturated rings. The summed E-state index contributed by atoms with van der Waals surface area (Å²) in [6.07, 6.45) is 0.440. The maximum atomic E-state index is 9.75. The third-order valence-electron chi connectivity index (χ3n) is 2.75. The molecule has 0 aliphatic carbocycles. The molecular formula is C14H23NO. The molecule has 0 heterocycles. The first-order valence-electron chi connectivity index (χ1n) is 6.11. The van der Waals surface area contributed by atoms with E-state index in [-0.39, 0.29) is 6.10 Å². The maximum absolute atomic E-state index is 9.75. The molecule has 1 unspecified atom stereocenters. The smallest absolute Gasteiger partial charge is 0.0704 e. The SMILES string of the molecule is CCNCC(O)Cc1ccc(C(C)C)cc1. The van der Waals surface area contributed by atoms with Crippen LogP contribution in [0.5, 0.6) is 0 Å². The Morgan fingerprint density at radius 3 is 2.31 bits per heavy atom. The molecule has 2 N–H and O–H groups in total. The number of rotatable bonds is 6. The molecule has 16 heavy (non-hydrogen) atoms. The maximum Gasteiger partial charge on any atom is 0.0704 e. The first-order chi connectivity index (χ1) is 7.63. The summed E-state index contributed by atoms with van der Waals surface area (Å²) in [5.74, 6) is 0.570. The third kappa shape index (κ3) is 4.33. The van der Waals surface area contributed by atoms with Gasteiger partial charge in [-0.1, -0.05) is 45.0 Å². The fraction of sp³-hybridized carbons (Fsp3) is 0.571. The van der Waals surface area contributed by atoms with Crippen LogP contribution in [0.4, 0.5) is 0 Å². The normalized spacial score (nSPS) is 13.1. The number of aliphatic hydroxyl groups excluding tert-OH is 1. The van der Waals surface area contributed by atoms with Crippen LogP contribution in [-0.2, 0) is 6.42 Å². The number of hydrogen-bond donors (Lipinski definition) is 2. The largest absolute Gasteiger partial charge is 0.391 e. The molecule has 1 aromatic carbocycles. The molecular weight excluding hydrogens is 198 g/mol. The van der Waals surface area contributed by atoms with Crippen molar-refractivity contribution in [3.63, 3.8) is 0 Å². The Labute approximate surface area is 98.7 Å². The molecule has 1 atom stereocenters. The topological polar surface area (TPSA) is 32.3 Å². The Kier molecular flexibility index (Phi) is 5.50. The molecule has 0 aliphatic rings. The van der Waals surface area contributed by atoms with E-state index < -0.39 is 0 Å². The van der Waals surface area contributed by atoms with Gasteiger partial charge in [-0.05, 0) is 30.0 Å². The van der Waals surface area contributed by atoms with Gasteiger partial charge in [0.15, 0.2) is 0 Å². The van der Waals surface area contributed by atoms with Crippen molar-refractivity contribution < 1.29 is 5.11 Å². The Morgan fingerprint density at radius 1 is 1.19 bits per heavy atom. The first-order valence-corrected chi connectivity index (χ1v) is 6.11. The zero-order valence-electron chi connectivity index (χ0n) is 10.5. The highest BCUT2D eigenvalue weighted by Gasteiger charge is 2.05. The van der Waals surface area contributed by atoms with Crippen molar-refractivity contribution in [1.82, 2.24) is 5.32 Å². The second kappa shape index (κ2) is 6.66. The summed E-state index contributed by atoms with van der Waals surface area (Å²) < 4.78 is 0. The third-order valence-corrected chi connectivity index (χ3v) is 2.75. The monoisotopic (exact) mass is 221 g/mol. The second-order valence-electron chi connectivity index (χ2n) is 4.56. The Balaban J connectivity index is 2.48. The molecule has 0 amide bonds. The number of aliphatic hydroxyl groups is 1. The predicted molar refractivity (Wildman–Crippen MR) is 68.8 cm³/mol. The van der Waals surface area contributed by atoms with E-state index in [1.54, 1.807) is 0 Å². The highest BCUT2D eigenvalue weighted by atomic mass is 16.3. The first kappa shape index (κ1) is 13.2. The van der Waals surface area contributed by atoms with Gasteiger partial charge in [-0.25, -0.2) is 0 Å². The molecule has 0 spiro atoms. The summed E-state index contributed by atoms with van der Waals surface area (Å²) in [7, 11) is 0. The molecule has 0 bridgehead atoms. The summed E-state index contributed by atoms with van der Waals surface area (Å²) in [5.41, 5.74) is 2.56. The molecule has 0 aromatic heterocycles. The van der Waals surface area contributed by atoms with Gasteiger partial charge in [-0.15, -0.1) is 0 Å². The second-order valence-corrected chi connectivity index (χ2v) is 4.56. The fourth-order valence-corrected chi connectivity index (χ4v) is 1.69. The summed E-state index contributed by atoms with van der Waals surface area (Å²) in [6.45, 7) is 8.00. The van der Waals surface area contributed by atoms with Gasteiger partial charge >= 0.3 is 0 Å². The van der Waals surface area contributed by atoms with E-state index in [9.17, 15) is 5.11 Å². The molecule has 0 saturated carbocycles. The average molecular weight is 221 g/mol. The van der Waals surface area contributed by atoms with Gasteiger partial charge < -0.3 is 10.4 Å². The molecule has 0 saturated heterocycles. The van der Waals surface area contributed by atoms with E-state index in [0.717, 1.165) is 13.0 Å². The Morgan fingerprint density at radius 2 is 1.81 bits per heavy atom. The fourth-order valence-electron chi connectivity index (χ4n) is 1.69. The van der Waals surface area contributed by atoms with Gasteiger partial charge in [0.2, 0.25) is 0 Å². The lowest BCUT2D eigenvalue weighted by atomic mass is 10.00. The van der Waals surface area contributed by atoms with Crippen LogP contribution in [0.15, 0.2) is 24.3 Å². The van der Waals surface area contributed by atoms with Crippen LogP contribution in [0.3, 0.4) is 0 Å². The lowest BCUT2D eigenvalue weighted by Gasteiger charge is -2.12.